The van der Waals surface area contributed by atoms with Gasteiger partial charge in [0.1, 0.15) is 0 Å². The van der Waals surface area contributed by atoms with Gasteiger partial charge in [-0.25, -0.2) is 0 Å². The van der Waals surface area contributed by atoms with Gasteiger partial charge in [-0.15, -0.1) is 0 Å². The Morgan fingerprint density at radius 3 is 2.31 bits per heavy atom. The van der Waals surface area contributed by atoms with Gasteiger partial charge in [-0.3, -0.25) is 14.6 Å². The smallest absolute Gasteiger partial charge is 0.257 e. The van der Waals surface area contributed by atoms with E-state index in [2.05, 4.69) is 29.5 Å². The Kier molecular flexibility index (Phi) is 6.50. The molecule has 0 aliphatic rings. The molecule has 2 aromatic rings. The van der Waals surface area contributed by atoms with Gasteiger partial charge < -0.3 is 10.6 Å². The largest absolute Gasteiger partial charge is 0.352 e. The summed E-state index contributed by atoms with van der Waals surface area (Å²) >= 11 is 0. The van der Waals surface area contributed by atoms with Gasteiger partial charge in [0.15, 0.2) is 0 Å². The summed E-state index contributed by atoms with van der Waals surface area (Å²) in [6.45, 7) is 10.8. The molecule has 0 aliphatic heterocycles. The lowest BCUT2D eigenvalue weighted by Gasteiger charge is -2.16. The first-order chi connectivity index (χ1) is 12.3. The van der Waals surface area contributed by atoms with Gasteiger partial charge in [0.25, 0.3) is 11.8 Å². The van der Waals surface area contributed by atoms with E-state index in [1.165, 1.54) is 12.4 Å². The number of pyridine rings is 1. The van der Waals surface area contributed by atoms with Crippen molar-refractivity contribution in [2.45, 2.75) is 40.5 Å². The zero-order valence-electron chi connectivity index (χ0n) is 16.1. The molecule has 0 bridgehead atoms. The van der Waals surface area contributed by atoms with E-state index < -0.39 is 0 Å². The highest BCUT2D eigenvalue weighted by molar-refractivity contribution is 6.06. The van der Waals surface area contributed by atoms with E-state index in [4.69, 9.17) is 0 Å². The number of carbonyl (C=O) groups is 2. The fourth-order valence-corrected chi connectivity index (χ4v) is 2.62. The quantitative estimate of drug-likeness (QED) is 0.819. The number of nitrogens with zero attached hydrogens (tertiary/aromatic N) is 1. The Morgan fingerprint density at radius 2 is 1.69 bits per heavy atom. The SMILES string of the molecule is Cc1cccc(C(C)C)c1NC(=O)c1cncc(C(=O)NCC(C)C)c1. The lowest BCUT2D eigenvalue weighted by atomic mass is 9.98. The lowest BCUT2D eigenvalue weighted by molar-refractivity contribution is 0.0948. The molecule has 1 aromatic carbocycles. The summed E-state index contributed by atoms with van der Waals surface area (Å²) in [5, 5.41) is 5.82. The van der Waals surface area contributed by atoms with Gasteiger partial charge in [0.05, 0.1) is 11.1 Å². The van der Waals surface area contributed by atoms with Crippen LogP contribution in [0.2, 0.25) is 0 Å². The topological polar surface area (TPSA) is 71.1 Å². The van der Waals surface area contributed by atoms with Gasteiger partial charge in [0.2, 0.25) is 0 Å². The van der Waals surface area contributed by atoms with E-state index >= 15 is 0 Å². The van der Waals surface area contributed by atoms with Crippen molar-refractivity contribution in [2.75, 3.05) is 11.9 Å². The first kappa shape index (κ1) is 19.6. The molecule has 5 heteroatoms. The summed E-state index contributed by atoms with van der Waals surface area (Å²) < 4.78 is 0. The van der Waals surface area contributed by atoms with E-state index in [1.807, 2.05) is 39.0 Å². The molecule has 0 unspecified atom stereocenters. The molecule has 0 fully saturated rings. The number of benzene rings is 1. The molecule has 0 radical (unpaired) electrons. The predicted molar refractivity (Wildman–Crippen MR) is 105 cm³/mol. The van der Waals surface area contributed by atoms with Gasteiger partial charge in [0, 0.05) is 24.6 Å². The monoisotopic (exact) mass is 353 g/mol. The second-order valence-corrected chi connectivity index (χ2v) is 7.21. The van der Waals surface area contributed by atoms with Crippen LogP contribution in [-0.2, 0) is 0 Å². The first-order valence-corrected chi connectivity index (χ1v) is 8.93. The Bertz CT molecular complexity index is 798. The molecule has 26 heavy (non-hydrogen) atoms. The Labute approximate surface area is 155 Å². The molecule has 1 aromatic heterocycles. The third kappa shape index (κ3) is 4.91. The van der Waals surface area contributed by atoms with Crippen molar-refractivity contribution in [1.29, 1.82) is 0 Å². The van der Waals surface area contributed by atoms with Crippen molar-refractivity contribution >= 4 is 17.5 Å². The average molecular weight is 353 g/mol. The highest BCUT2D eigenvalue weighted by Gasteiger charge is 2.15. The number of para-hydroxylation sites is 1. The lowest BCUT2D eigenvalue weighted by Crippen LogP contribution is -2.27. The summed E-state index contributed by atoms with van der Waals surface area (Å²) in [6, 6.07) is 7.55. The number of anilines is 1. The average Bonchev–Trinajstić information content (AvgIpc) is 2.61. The minimum atomic E-state index is -0.271. The van der Waals surface area contributed by atoms with Crippen molar-refractivity contribution in [1.82, 2.24) is 10.3 Å². The van der Waals surface area contributed by atoms with Gasteiger partial charge in [-0.2, -0.15) is 0 Å². The molecule has 0 saturated heterocycles. The number of hydrogen-bond acceptors (Lipinski definition) is 3. The standard InChI is InChI=1S/C21H27N3O2/c1-13(2)10-23-20(25)16-9-17(12-22-11-16)21(26)24-19-15(5)7-6-8-18(19)14(3)4/h6-9,11-14H,10H2,1-5H3,(H,23,25)(H,24,26). The van der Waals surface area contributed by atoms with Crippen molar-refractivity contribution in [3.63, 3.8) is 0 Å². The van der Waals surface area contributed by atoms with Gasteiger partial charge >= 0.3 is 0 Å². The maximum atomic E-state index is 12.7. The summed E-state index contributed by atoms with van der Waals surface area (Å²) in [4.78, 5) is 29.0. The normalized spacial score (nSPS) is 10.9. The molecule has 0 spiro atoms. The van der Waals surface area contributed by atoms with Crippen LogP contribution < -0.4 is 10.6 Å². The number of aromatic nitrogens is 1. The van der Waals surface area contributed by atoms with Crippen molar-refractivity contribution in [3.05, 3.63) is 58.9 Å². The maximum Gasteiger partial charge on any atom is 0.257 e. The molecule has 5 nitrogen and oxygen atoms in total. The van der Waals surface area contributed by atoms with Crippen LogP contribution in [0.1, 0.15) is 65.5 Å². The van der Waals surface area contributed by atoms with Crippen LogP contribution in [0.3, 0.4) is 0 Å². The molecule has 0 saturated carbocycles. The molecule has 1 heterocycles. The number of rotatable bonds is 6. The highest BCUT2D eigenvalue weighted by atomic mass is 16.2. The molecule has 0 aliphatic carbocycles. The maximum absolute atomic E-state index is 12.7. The van der Waals surface area contributed by atoms with Gasteiger partial charge in [-0.1, -0.05) is 45.9 Å². The third-order valence-corrected chi connectivity index (χ3v) is 4.10. The molecule has 2 rings (SSSR count). The number of aryl methyl sites for hydroxylation is 1. The molecular weight excluding hydrogens is 326 g/mol. The molecular formula is C21H27N3O2. The molecule has 2 amide bonds. The van der Waals surface area contributed by atoms with Crippen LogP contribution in [-0.4, -0.2) is 23.3 Å². The van der Waals surface area contributed by atoms with E-state index in [9.17, 15) is 9.59 Å². The van der Waals surface area contributed by atoms with Crippen molar-refractivity contribution in [2.24, 2.45) is 5.92 Å². The van der Waals surface area contributed by atoms with E-state index in [1.54, 1.807) is 6.07 Å². The first-order valence-electron chi connectivity index (χ1n) is 8.93. The van der Waals surface area contributed by atoms with Crippen LogP contribution in [0, 0.1) is 12.8 Å². The Balaban J connectivity index is 2.21. The highest BCUT2D eigenvalue weighted by Crippen LogP contribution is 2.27. The fraction of sp³-hybridized carbons (Fsp3) is 0.381. The molecule has 0 atom stereocenters. The number of nitrogens with one attached hydrogen (secondary N) is 2. The predicted octanol–water partition coefficient (Wildman–Crippen LogP) is 4.15. The van der Waals surface area contributed by atoms with Crippen LogP contribution in [0.15, 0.2) is 36.7 Å². The third-order valence-electron chi connectivity index (χ3n) is 4.10. The van der Waals surface area contributed by atoms with Crippen LogP contribution in [0.25, 0.3) is 0 Å². The second-order valence-electron chi connectivity index (χ2n) is 7.21. The summed E-state index contributed by atoms with van der Waals surface area (Å²) in [5.74, 6) is 0.150. The van der Waals surface area contributed by atoms with Crippen molar-refractivity contribution in [3.8, 4) is 0 Å². The minimum absolute atomic E-state index is 0.223. The van der Waals surface area contributed by atoms with E-state index in [0.717, 1.165) is 16.8 Å². The van der Waals surface area contributed by atoms with E-state index in [0.29, 0.717) is 23.6 Å². The molecule has 2 N–H and O–H groups in total. The summed E-state index contributed by atoms with van der Waals surface area (Å²) in [5.41, 5.74) is 3.65. The fourth-order valence-electron chi connectivity index (χ4n) is 2.62. The minimum Gasteiger partial charge on any atom is -0.352 e. The zero-order valence-corrected chi connectivity index (χ0v) is 16.1. The number of amides is 2. The summed E-state index contributed by atoms with van der Waals surface area (Å²) in [7, 11) is 0. The number of hydrogen-bond donors (Lipinski definition) is 2. The molecule has 138 valence electrons. The van der Waals surface area contributed by atoms with Gasteiger partial charge in [-0.05, 0) is 36.0 Å². The van der Waals surface area contributed by atoms with Crippen LogP contribution >= 0.6 is 0 Å². The Hall–Kier alpha value is -2.69. The van der Waals surface area contributed by atoms with Crippen LogP contribution in [0.5, 0.6) is 0 Å². The summed E-state index contributed by atoms with van der Waals surface area (Å²) in [6.07, 6.45) is 2.95. The van der Waals surface area contributed by atoms with E-state index in [-0.39, 0.29) is 17.7 Å². The second kappa shape index (κ2) is 8.61. The zero-order chi connectivity index (χ0) is 19.3. The van der Waals surface area contributed by atoms with Crippen molar-refractivity contribution < 1.29 is 9.59 Å². The van der Waals surface area contributed by atoms with Crippen LogP contribution in [0.4, 0.5) is 5.69 Å². The number of carbonyl (C=O) groups excluding carboxylic acids is 2. The Morgan fingerprint density at radius 1 is 1.04 bits per heavy atom.